The largest absolute Gasteiger partial charge is 0.366 e. The molecule has 1 amide bonds. The molecule has 2 unspecified atom stereocenters. The summed E-state index contributed by atoms with van der Waals surface area (Å²) in [6.45, 7) is 6.51. The second-order valence-corrected chi connectivity index (χ2v) is 7.26. The number of H-pyrrole nitrogens is 1. The summed E-state index contributed by atoms with van der Waals surface area (Å²) >= 11 is 0. The molecule has 2 saturated heterocycles. The summed E-state index contributed by atoms with van der Waals surface area (Å²) in [6, 6.07) is 7.60. The molecule has 29 heavy (non-hydrogen) atoms. The molecule has 2 aliphatic rings. The van der Waals surface area contributed by atoms with Crippen molar-refractivity contribution in [2.24, 2.45) is 0 Å². The lowest BCUT2D eigenvalue weighted by molar-refractivity contribution is -0.150. The first-order valence-electron chi connectivity index (χ1n) is 9.44. The Hall–Kier alpha value is -1.71. The zero-order valence-corrected chi connectivity index (χ0v) is 17.9. The van der Waals surface area contributed by atoms with E-state index in [9.17, 15) is 9.59 Å². The SMILES string of the molecule is CC1CN(C(=O)C2CN(Cc3nc4ccccc4c(=O)[nH]3)CCO2)CCN1.Cl.Cl. The maximum absolute atomic E-state index is 12.8. The highest BCUT2D eigenvalue weighted by Gasteiger charge is 2.32. The Balaban J connectivity index is 0.00000150. The highest BCUT2D eigenvalue weighted by atomic mass is 35.5. The number of carbonyl (C=O) groups is 1. The van der Waals surface area contributed by atoms with Gasteiger partial charge in [0.05, 0.1) is 24.1 Å². The number of hydrogen-bond donors (Lipinski definition) is 2. The number of morpholine rings is 1. The molecule has 0 saturated carbocycles. The Morgan fingerprint density at radius 1 is 1.24 bits per heavy atom. The summed E-state index contributed by atoms with van der Waals surface area (Å²) in [5.41, 5.74) is 0.554. The molecule has 0 aliphatic carbocycles. The molecule has 0 spiro atoms. The summed E-state index contributed by atoms with van der Waals surface area (Å²) in [5, 5.41) is 3.93. The standard InChI is InChI=1S/C19H25N5O3.2ClH/c1-13-10-24(7-6-20-13)19(26)16-11-23(8-9-27-16)12-17-21-15-5-3-2-4-14(15)18(25)22-17;;/h2-5,13,16,20H,6-12H2,1H3,(H,21,22,25);2*1H. The van der Waals surface area contributed by atoms with Crippen LogP contribution in [0.4, 0.5) is 0 Å². The van der Waals surface area contributed by atoms with Crippen LogP contribution in [-0.4, -0.2) is 77.2 Å². The van der Waals surface area contributed by atoms with Gasteiger partial charge in [0.1, 0.15) is 11.9 Å². The smallest absolute Gasteiger partial charge is 0.258 e. The van der Waals surface area contributed by atoms with Gasteiger partial charge in [0.2, 0.25) is 0 Å². The predicted octanol–water partition coefficient (Wildman–Crippen LogP) is 0.788. The molecule has 1 aromatic heterocycles. The highest BCUT2D eigenvalue weighted by molar-refractivity contribution is 5.85. The first-order chi connectivity index (χ1) is 13.1. The molecular weight excluding hydrogens is 417 g/mol. The van der Waals surface area contributed by atoms with Gasteiger partial charge in [-0.25, -0.2) is 4.98 Å². The van der Waals surface area contributed by atoms with E-state index in [-0.39, 0.29) is 36.3 Å². The zero-order chi connectivity index (χ0) is 18.8. The fourth-order valence-corrected chi connectivity index (χ4v) is 3.75. The first kappa shape index (κ1) is 23.6. The molecule has 10 heteroatoms. The van der Waals surface area contributed by atoms with Gasteiger partial charge in [-0.05, 0) is 19.1 Å². The van der Waals surface area contributed by atoms with Crippen molar-refractivity contribution in [3.63, 3.8) is 0 Å². The Morgan fingerprint density at radius 2 is 2.03 bits per heavy atom. The third kappa shape index (κ3) is 5.46. The van der Waals surface area contributed by atoms with Crippen LogP contribution >= 0.6 is 24.8 Å². The van der Waals surface area contributed by atoms with Crippen molar-refractivity contribution < 1.29 is 9.53 Å². The molecule has 160 valence electrons. The summed E-state index contributed by atoms with van der Waals surface area (Å²) in [7, 11) is 0. The van der Waals surface area contributed by atoms with Crippen molar-refractivity contribution in [1.29, 1.82) is 0 Å². The van der Waals surface area contributed by atoms with Crippen LogP contribution in [0, 0.1) is 0 Å². The van der Waals surface area contributed by atoms with Gasteiger partial charge in [0.15, 0.2) is 0 Å². The maximum atomic E-state index is 12.8. The topological polar surface area (TPSA) is 90.6 Å². The van der Waals surface area contributed by atoms with Crippen molar-refractivity contribution in [2.75, 3.05) is 39.3 Å². The molecule has 2 fully saturated rings. The molecule has 8 nitrogen and oxygen atoms in total. The van der Waals surface area contributed by atoms with E-state index in [0.29, 0.717) is 62.1 Å². The number of aromatic nitrogens is 2. The van der Waals surface area contributed by atoms with E-state index in [1.165, 1.54) is 0 Å². The molecule has 3 heterocycles. The average Bonchev–Trinajstić information content (AvgIpc) is 2.68. The van der Waals surface area contributed by atoms with Gasteiger partial charge < -0.3 is 19.9 Å². The minimum Gasteiger partial charge on any atom is -0.366 e. The van der Waals surface area contributed by atoms with Crippen molar-refractivity contribution in [3.8, 4) is 0 Å². The average molecular weight is 444 g/mol. The fourth-order valence-electron chi connectivity index (χ4n) is 3.75. The Morgan fingerprint density at radius 3 is 2.83 bits per heavy atom. The molecule has 2 atom stereocenters. The van der Waals surface area contributed by atoms with E-state index >= 15 is 0 Å². The number of para-hydroxylation sites is 1. The number of hydrogen-bond acceptors (Lipinski definition) is 6. The van der Waals surface area contributed by atoms with Crippen LogP contribution < -0.4 is 10.9 Å². The molecule has 2 aliphatic heterocycles. The second kappa shape index (κ2) is 10.4. The third-order valence-corrected chi connectivity index (χ3v) is 5.14. The molecular formula is C19H27Cl2N5O3. The Labute approximate surface area is 181 Å². The van der Waals surface area contributed by atoms with E-state index in [4.69, 9.17) is 4.74 Å². The zero-order valence-electron chi connectivity index (χ0n) is 16.3. The minimum absolute atomic E-state index is 0. The van der Waals surface area contributed by atoms with E-state index in [1.54, 1.807) is 6.07 Å². The monoisotopic (exact) mass is 443 g/mol. The lowest BCUT2D eigenvalue weighted by Crippen LogP contribution is -2.57. The molecule has 0 bridgehead atoms. The number of piperazine rings is 1. The van der Waals surface area contributed by atoms with Gasteiger partial charge in [0, 0.05) is 38.8 Å². The number of ether oxygens (including phenoxy) is 1. The molecule has 1 aromatic carbocycles. The van der Waals surface area contributed by atoms with Crippen LogP contribution in [-0.2, 0) is 16.1 Å². The van der Waals surface area contributed by atoms with Crippen molar-refractivity contribution >= 4 is 41.6 Å². The fraction of sp³-hybridized carbons (Fsp3) is 0.526. The number of fused-ring (bicyclic) bond motifs is 1. The van der Waals surface area contributed by atoms with E-state index in [1.807, 2.05) is 23.1 Å². The summed E-state index contributed by atoms with van der Waals surface area (Å²) in [5.74, 6) is 0.663. The molecule has 0 radical (unpaired) electrons. The summed E-state index contributed by atoms with van der Waals surface area (Å²) in [6.07, 6.45) is -0.462. The predicted molar refractivity (Wildman–Crippen MR) is 116 cm³/mol. The quantitative estimate of drug-likeness (QED) is 0.728. The minimum atomic E-state index is -0.462. The number of benzene rings is 1. The van der Waals surface area contributed by atoms with Crippen LogP contribution in [0.25, 0.3) is 10.9 Å². The van der Waals surface area contributed by atoms with Crippen molar-refractivity contribution in [2.45, 2.75) is 25.6 Å². The van der Waals surface area contributed by atoms with Crippen LogP contribution in [0.2, 0.25) is 0 Å². The Kier molecular flexibility index (Phi) is 8.42. The Bertz CT molecular complexity index is 894. The maximum Gasteiger partial charge on any atom is 0.258 e. The number of amides is 1. The van der Waals surface area contributed by atoms with Gasteiger partial charge in [-0.15, -0.1) is 24.8 Å². The van der Waals surface area contributed by atoms with Crippen LogP contribution in [0.3, 0.4) is 0 Å². The van der Waals surface area contributed by atoms with Crippen molar-refractivity contribution in [1.82, 2.24) is 25.1 Å². The second-order valence-electron chi connectivity index (χ2n) is 7.26. The van der Waals surface area contributed by atoms with E-state index < -0.39 is 6.10 Å². The van der Waals surface area contributed by atoms with Crippen LogP contribution in [0.1, 0.15) is 12.7 Å². The van der Waals surface area contributed by atoms with Gasteiger partial charge >= 0.3 is 0 Å². The molecule has 2 N–H and O–H groups in total. The number of nitrogens with zero attached hydrogens (tertiary/aromatic N) is 3. The third-order valence-electron chi connectivity index (χ3n) is 5.14. The van der Waals surface area contributed by atoms with E-state index in [0.717, 1.165) is 6.54 Å². The van der Waals surface area contributed by atoms with Gasteiger partial charge in [-0.2, -0.15) is 0 Å². The molecule has 2 aromatic rings. The van der Waals surface area contributed by atoms with Crippen LogP contribution in [0.15, 0.2) is 29.1 Å². The number of rotatable bonds is 3. The number of halogens is 2. The van der Waals surface area contributed by atoms with Gasteiger partial charge in [-0.3, -0.25) is 14.5 Å². The van der Waals surface area contributed by atoms with Gasteiger partial charge in [-0.1, -0.05) is 12.1 Å². The first-order valence-corrected chi connectivity index (χ1v) is 9.44. The van der Waals surface area contributed by atoms with Crippen molar-refractivity contribution in [3.05, 3.63) is 40.4 Å². The molecule has 4 rings (SSSR count). The lowest BCUT2D eigenvalue weighted by atomic mass is 10.2. The van der Waals surface area contributed by atoms with E-state index in [2.05, 4.69) is 27.1 Å². The summed E-state index contributed by atoms with van der Waals surface area (Å²) < 4.78 is 5.74. The number of carbonyl (C=O) groups excluding carboxylic acids is 1. The number of aromatic amines is 1. The van der Waals surface area contributed by atoms with Gasteiger partial charge in [0.25, 0.3) is 11.5 Å². The normalized spacial score (nSPS) is 22.6. The highest BCUT2D eigenvalue weighted by Crippen LogP contribution is 2.13. The number of nitrogens with one attached hydrogen (secondary N) is 2. The van der Waals surface area contributed by atoms with Crippen LogP contribution in [0.5, 0.6) is 0 Å². The summed E-state index contributed by atoms with van der Waals surface area (Å²) in [4.78, 5) is 36.5. The lowest BCUT2D eigenvalue weighted by Gasteiger charge is -2.37.